The van der Waals surface area contributed by atoms with Gasteiger partial charge in [0.2, 0.25) is 0 Å². The molecular formula is C10H15N3O3S2. The minimum Gasteiger partial charge on any atom is -0.396 e. The molecule has 1 aromatic rings. The van der Waals surface area contributed by atoms with Gasteiger partial charge in [-0.15, -0.1) is 23.1 Å². The molecule has 2 rings (SSSR count). The van der Waals surface area contributed by atoms with Gasteiger partial charge in [-0.05, 0) is 6.26 Å². The lowest BCUT2D eigenvalue weighted by Crippen LogP contribution is -2.22. The number of anilines is 2. The van der Waals surface area contributed by atoms with Gasteiger partial charge in [-0.2, -0.15) is 0 Å². The molecule has 0 spiro atoms. The van der Waals surface area contributed by atoms with E-state index >= 15 is 0 Å². The van der Waals surface area contributed by atoms with E-state index in [0.717, 1.165) is 9.90 Å². The fraction of sp³-hybridized carbons (Fsp3) is 0.500. The molecule has 8 heteroatoms. The van der Waals surface area contributed by atoms with Gasteiger partial charge in [0.05, 0.1) is 22.8 Å². The summed E-state index contributed by atoms with van der Waals surface area (Å²) in [6.45, 7) is 0.653. The molecule has 0 bridgehead atoms. The maximum absolute atomic E-state index is 11.3. The number of hydrogen-bond acceptors (Lipinski definition) is 7. The number of nitrogens with zero attached hydrogens (tertiary/aromatic N) is 1. The van der Waals surface area contributed by atoms with Gasteiger partial charge in [0, 0.05) is 13.1 Å². The summed E-state index contributed by atoms with van der Waals surface area (Å²) in [5.41, 5.74) is 11.5. The molecule has 6 N–H and O–H groups in total. The molecule has 0 aromatic carbocycles. The average Bonchev–Trinajstić information content (AvgIpc) is 2.80. The quantitative estimate of drug-likeness (QED) is 0.568. The molecule has 0 aliphatic carbocycles. The molecule has 18 heavy (non-hydrogen) atoms. The molecular weight excluding hydrogens is 274 g/mol. The van der Waals surface area contributed by atoms with Crippen LogP contribution >= 0.6 is 23.1 Å². The van der Waals surface area contributed by atoms with Gasteiger partial charge < -0.3 is 26.6 Å². The highest BCUT2D eigenvalue weighted by molar-refractivity contribution is 7.99. The van der Waals surface area contributed by atoms with Gasteiger partial charge >= 0.3 is 0 Å². The molecule has 1 saturated heterocycles. The Kier molecular flexibility index (Phi) is 3.71. The summed E-state index contributed by atoms with van der Waals surface area (Å²) in [5, 5.41) is 19.9. The smallest absolute Gasteiger partial charge is 0.261 e. The number of primary amides is 1. The van der Waals surface area contributed by atoms with Crippen LogP contribution in [-0.4, -0.2) is 47.7 Å². The number of carbonyl (C=O) groups is 1. The number of nitrogens with two attached hydrogens (primary N) is 2. The molecule has 100 valence electrons. The predicted octanol–water partition coefficient (Wildman–Crippen LogP) is -0.307. The Balaban J connectivity index is 2.39. The molecule has 1 aliphatic heterocycles. The first kappa shape index (κ1) is 13.5. The van der Waals surface area contributed by atoms with Gasteiger partial charge in [0.15, 0.2) is 0 Å². The number of thiophene rings is 1. The maximum Gasteiger partial charge on any atom is 0.261 e. The van der Waals surface area contributed by atoms with E-state index in [2.05, 4.69) is 0 Å². The normalized spacial score (nSPS) is 23.6. The number of amides is 1. The van der Waals surface area contributed by atoms with E-state index in [9.17, 15) is 15.0 Å². The fourth-order valence-corrected chi connectivity index (χ4v) is 3.99. The molecule has 1 aliphatic rings. The first-order valence-corrected chi connectivity index (χ1v) is 7.37. The van der Waals surface area contributed by atoms with E-state index < -0.39 is 18.1 Å². The second-order valence-corrected chi connectivity index (χ2v) is 5.90. The Bertz CT molecular complexity index is 467. The monoisotopic (exact) mass is 289 g/mol. The number of nitrogen functional groups attached to an aromatic ring is 1. The van der Waals surface area contributed by atoms with E-state index in [1.165, 1.54) is 23.1 Å². The van der Waals surface area contributed by atoms with Gasteiger partial charge in [0.25, 0.3) is 5.91 Å². The Labute approximate surface area is 113 Å². The number of carbonyl (C=O) groups excluding carboxylic acids is 1. The Morgan fingerprint density at radius 2 is 2.00 bits per heavy atom. The van der Waals surface area contributed by atoms with Crippen molar-refractivity contribution in [2.24, 2.45) is 5.73 Å². The second-order valence-electron chi connectivity index (χ2n) is 4.09. The van der Waals surface area contributed by atoms with Crippen molar-refractivity contribution in [1.29, 1.82) is 0 Å². The van der Waals surface area contributed by atoms with Crippen molar-refractivity contribution in [2.45, 2.75) is 17.1 Å². The third-order valence-electron chi connectivity index (χ3n) is 2.86. The van der Waals surface area contributed by atoms with Crippen molar-refractivity contribution in [3.05, 3.63) is 4.88 Å². The van der Waals surface area contributed by atoms with Crippen LogP contribution in [0, 0.1) is 0 Å². The maximum atomic E-state index is 11.3. The van der Waals surface area contributed by atoms with Crippen LogP contribution < -0.4 is 16.4 Å². The standard InChI is InChI=1S/C10H15N3O3S2/c1-17-8-6(11)7(9(12)16)18-10(8)13-2-4(14)5(15)3-13/h4-5,14-15H,2-3,11H2,1H3,(H2,12,16). The van der Waals surface area contributed by atoms with Gasteiger partial charge in [-0.25, -0.2) is 0 Å². The number of rotatable bonds is 3. The Morgan fingerprint density at radius 1 is 1.44 bits per heavy atom. The van der Waals surface area contributed by atoms with Gasteiger partial charge in [0.1, 0.15) is 9.88 Å². The fourth-order valence-electron chi connectivity index (χ4n) is 1.94. The Hall–Kier alpha value is -0.960. The number of thioether (sulfide) groups is 1. The zero-order valence-electron chi connectivity index (χ0n) is 9.79. The minimum absolute atomic E-state index is 0.324. The topological polar surface area (TPSA) is 113 Å². The summed E-state index contributed by atoms with van der Waals surface area (Å²) in [7, 11) is 0. The van der Waals surface area contributed by atoms with Crippen molar-refractivity contribution in [3.8, 4) is 0 Å². The number of aliphatic hydroxyl groups is 2. The highest BCUT2D eigenvalue weighted by Crippen LogP contribution is 2.44. The van der Waals surface area contributed by atoms with E-state index in [4.69, 9.17) is 11.5 Å². The molecule has 0 radical (unpaired) electrons. The zero-order valence-corrected chi connectivity index (χ0v) is 11.4. The van der Waals surface area contributed by atoms with Gasteiger partial charge in [-0.1, -0.05) is 0 Å². The number of hydrogen-bond donors (Lipinski definition) is 4. The SMILES string of the molecule is CSc1c(N2CC(O)C(O)C2)sc(C(N)=O)c1N. The lowest BCUT2D eigenvalue weighted by Gasteiger charge is -2.16. The average molecular weight is 289 g/mol. The van der Waals surface area contributed by atoms with Crippen molar-refractivity contribution in [2.75, 3.05) is 30.0 Å². The van der Waals surface area contributed by atoms with Crippen molar-refractivity contribution < 1.29 is 15.0 Å². The first-order chi connectivity index (χ1) is 8.45. The van der Waals surface area contributed by atoms with E-state index in [1.807, 2.05) is 11.2 Å². The summed E-state index contributed by atoms with van der Waals surface area (Å²) in [6, 6.07) is 0. The molecule has 1 aromatic heterocycles. The van der Waals surface area contributed by atoms with Crippen LogP contribution in [0.5, 0.6) is 0 Å². The molecule has 2 unspecified atom stereocenters. The van der Waals surface area contributed by atoms with Gasteiger partial charge in [-0.3, -0.25) is 4.79 Å². The predicted molar refractivity (Wildman–Crippen MR) is 73.3 cm³/mol. The van der Waals surface area contributed by atoms with E-state index in [1.54, 1.807) is 0 Å². The van der Waals surface area contributed by atoms with Crippen molar-refractivity contribution >= 4 is 39.7 Å². The third kappa shape index (κ3) is 2.16. The Morgan fingerprint density at radius 3 is 2.44 bits per heavy atom. The molecule has 1 amide bonds. The van der Waals surface area contributed by atoms with Crippen LogP contribution in [0.25, 0.3) is 0 Å². The van der Waals surface area contributed by atoms with Crippen LogP contribution in [-0.2, 0) is 0 Å². The summed E-state index contributed by atoms with van der Waals surface area (Å²) in [6.07, 6.45) is 0.301. The van der Waals surface area contributed by atoms with Crippen LogP contribution in [0.2, 0.25) is 0 Å². The molecule has 2 atom stereocenters. The van der Waals surface area contributed by atoms with Crippen LogP contribution in [0.4, 0.5) is 10.7 Å². The van der Waals surface area contributed by atoms with Crippen LogP contribution in [0.15, 0.2) is 4.90 Å². The number of aliphatic hydroxyl groups excluding tert-OH is 2. The van der Waals surface area contributed by atoms with Crippen molar-refractivity contribution in [1.82, 2.24) is 0 Å². The zero-order chi connectivity index (χ0) is 13.4. The molecule has 2 heterocycles. The highest BCUT2D eigenvalue weighted by Gasteiger charge is 2.33. The summed E-state index contributed by atoms with van der Waals surface area (Å²) >= 11 is 2.63. The van der Waals surface area contributed by atoms with Crippen molar-refractivity contribution in [3.63, 3.8) is 0 Å². The third-order valence-corrected chi connectivity index (χ3v) is 5.09. The summed E-state index contributed by atoms with van der Waals surface area (Å²) in [4.78, 5) is 14.2. The molecule has 1 fully saturated rings. The molecule has 0 saturated carbocycles. The van der Waals surface area contributed by atoms with Crippen LogP contribution in [0.1, 0.15) is 9.67 Å². The summed E-state index contributed by atoms with van der Waals surface area (Å²) in [5.74, 6) is -0.556. The lowest BCUT2D eigenvalue weighted by molar-refractivity contribution is 0.0572. The number of β-amino-alcohol motifs (C(OH)–C–C–N with tert-alkyl or cyclic N) is 2. The van der Waals surface area contributed by atoms with E-state index in [-0.39, 0.29) is 0 Å². The highest BCUT2D eigenvalue weighted by atomic mass is 32.2. The van der Waals surface area contributed by atoms with E-state index in [0.29, 0.717) is 23.7 Å². The minimum atomic E-state index is -0.778. The summed E-state index contributed by atoms with van der Waals surface area (Å²) < 4.78 is 0. The molecule has 6 nitrogen and oxygen atoms in total. The first-order valence-electron chi connectivity index (χ1n) is 5.32. The second kappa shape index (κ2) is 4.96. The lowest BCUT2D eigenvalue weighted by atomic mass is 10.3. The largest absolute Gasteiger partial charge is 0.396 e. The van der Waals surface area contributed by atoms with Crippen LogP contribution in [0.3, 0.4) is 0 Å².